The maximum Gasteiger partial charge on any atom is 0.264 e. The van der Waals surface area contributed by atoms with Crippen LogP contribution in [-0.4, -0.2) is 36.9 Å². The molecule has 0 bridgehead atoms. The molecule has 2 aromatic rings. The van der Waals surface area contributed by atoms with E-state index in [-0.39, 0.29) is 11.8 Å². The second-order valence-electron chi connectivity index (χ2n) is 5.95. The van der Waals surface area contributed by atoms with E-state index in [2.05, 4.69) is 11.4 Å². The highest BCUT2D eigenvalue weighted by Crippen LogP contribution is 2.33. The summed E-state index contributed by atoms with van der Waals surface area (Å²) in [5, 5.41) is 12.6. The zero-order valence-electron chi connectivity index (χ0n) is 16.4. The summed E-state index contributed by atoms with van der Waals surface area (Å²) < 4.78 is 5.10. The molecule has 0 aliphatic rings. The minimum absolute atomic E-state index is 0.127. The van der Waals surface area contributed by atoms with Gasteiger partial charge >= 0.3 is 0 Å². The minimum Gasteiger partial charge on any atom is -0.497 e. The summed E-state index contributed by atoms with van der Waals surface area (Å²) in [5.74, 6) is 0.244. The number of thiophene rings is 1. The molecule has 6 nitrogen and oxygen atoms in total. The minimum atomic E-state index is -0.365. The number of hydrogen-bond donors (Lipinski definition) is 1. The quantitative estimate of drug-likeness (QED) is 0.714. The van der Waals surface area contributed by atoms with Crippen molar-refractivity contribution in [2.24, 2.45) is 0 Å². The average molecular weight is 398 g/mol. The Morgan fingerprint density at radius 2 is 1.89 bits per heavy atom. The van der Waals surface area contributed by atoms with Gasteiger partial charge in [0.25, 0.3) is 5.91 Å². The van der Waals surface area contributed by atoms with Gasteiger partial charge in [-0.2, -0.15) is 5.26 Å². The zero-order chi connectivity index (χ0) is 20.7. The number of benzene rings is 1. The van der Waals surface area contributed by atoms with Gasteiger partial charge in [0.1, 0.15) is 16.8 Å². The number of anilines is 1. The van der Waals surface area contributed by atoms with Gasteiger partial charge in [0.05, 0.1) is 17.6 Å². The highest BCUT2D eigenvalue weighted by molar-refractivity contribution is 7.18. The van der Waals surface area contributed by atoms with Crippen LogP contribution in [0.1, 0.15) is 40.2 Å². The molecule has 0 aliphatic heterocycles. The Hall–Kier alpha value is -3.11. The van der Waals surface area contributed by atoms with Crippen LogP contribution in [-0.2, 0) is 4.79 Å². The number of amides is 2. The molecule has 0 atom stereocenters. The first kappa shape index (κ1) is 21.2. The maximum atomic E-state index is 12.6. The van der Waals surface area contributed by atoms with E-state index in [0.717, 1.165) is 22.6 Å². The second-order valence-corrected chi connectivity index (χ2v) is 6.97. The number of methoxy groups -OCH3 is 1. The molecule has 2 rings (SSSR count). The predicted octanol–water partition coefficient (Wildman–Crippen LogP) is 4.07. The first-order chi connectivity index (χ1) is 13.4. The number of nitrogens with zero attached hydrogens (tertiary/aromatic N) is 2. The fraction of sp³-hybridized carbons (Fsp3) is 0.286. The van der Waals surface area contributed by atoms with Crippen molar-refractivity contribution >= 4 is 34.2 Å². The van der Waals surface area contributed by atoms with Crippen LogP contribution < -0.4 is 10.1 Å². The van der Waals surface area contributed by atoms with E-state index >= 15 is 0 Å². The standard InChI is InChI=1S/C21H23N3O3S/c1-5-24(6-2)21(26)19-14(3)17(13-22)20(28-19)23-18(25)12-9-15-7-10-16(27-4)11-8-15/h7-12H,5-6H2,1-4H3,(H,23,25)/b12-9+. The third kappa shape index (κ3) is 4.78. The smallest absolute Gasteiger partial charge is 0.264 e. The molecule has 0 aliphatic carbocycles. The largest absolute Gasteiger partial charge is 0.497 e. The summed E-state index contributed by atoms with van der Waals surface area (Å²) in [4.78, 5) is 27.1. The van der Waals surface area contributed by atoms with Gasteiger partial charge in [0.15, 0.2) is 0 Å². The van der Waals surface area contributed by atoms with Crippen LogP contribution in [0.4, 0.5) is 5.00 Å². The van der Waals surface area contributed by atoms with Crippen LogP contribution >= 0.6 is 11.3 Å². The van der Waals surface area contributed by atoms with E-state index in [1.165, 1.54) is 6.08 Å². The molecular weight excluding hydrogens is 374 g/mol. The van der Waals surface area contributed by atoms with E-state index in [1.807, 2.05) is 26.0 Å². The topological polar surface area (TPSA) is 82.4 Å². The summed E-state index contributed by atoms with van der Waals surface area (Å²) in [6.45, 7) is 6.71. The van der Waals surface area contributed by atoms with Gasteiger partial charge in [-0.25, -0.2) is 0 Å². The van der Waals surface area contributed by atoms with Crippen LogP contribution in [0.2, 0.25) is 0 Å². The number of carbonyl (C=O) groups excluding carboxylic acids is 2. The molecule has 0 unspecified atom stereocenters. The molecule has 28 heavy (non-hydrogen) atoms. The average Bonchev–Trinajstić information content (AvgIpc) is 3.02. The van der Waals surface area contributed by atoms with Crippen molar-refractivity contribution in [2.45, 2.75) is 20.8 Å². The van der Waals surface area contributed by atoms with Crippen LogP contribution in [0.15, 0.2) is 30.3 Å². The summed E-state index contributed by atoms with van der Waals surface area (Å²) in [5.41, 5.74) is 1.77. The lowest BCUT2D eigenvalue weighted by Gasteiger charge is -2.17. The summed E-state index contributed by atoms with van der Waals surface area (Å²) in [7, 11) is 1.59. The van der Waals surface area contributed by atoms with Crippen molar-refractivity contribution in [2.75, 3.05) is 25.5 Å². The van der Waals surface area contributed by atoms with E-state index in [9.17, 15) is 14.9 Å². The van der Waals surface area contributed by atoms with Crippen LogP contribution in [0, 0.1) is 18.3 Å². The predicted molar refractivity (Wildman–Crippen MR) is 112 cm³/mol. The van der Waals surface area contributed by atoms with E-state index in [4.69, 9.17) is 4.74 Å². The number of hydrogen-bond acceptors (Lipinski definition) is 5. The molecule has 0 radical (unpaired) electrons. The molecule has 2 amide bonds. The van der Waals surface area contributed by atoms with Gasteiger partial charge in [0.2, 0.25) is 5.91 Å². The Bertz CT molecular complexity index is 920. The Kier molecular flexibility index (Phi) is 7.36. The molecule has 0 saturated carbocycles. The fourth-order valence-electron chi connectivity index (χ4n) is 2.64. The van der Waals surface area contributed by atoms with Gasteiger partial charge in [-0.05, 0) is 50.1 Å². The van der Waals surface area contributed by atoms with Crippen molar-refractivity contribution in [1.29, 1.82) is 5.26 Å². The van der Waals surface area contributed by atoms with Gasteiger partial charge in [-0.15, -0.1) is 11.3 Å². The Balaban J connectivity index is 2.19. The first-order valence-corrected chi connectivity index (χ1v) is 9.72. The normalized spacial score (nSPS) is 10.5. The summed E-state index contributed by atoms with van der Waals surface area (Å²) in [6, 6.07) is 9.37. The Labute approximate surface area is 169 Å². The van der Waals surface area contributed by atoms with E-state index < -0.39 is 0 Å². The molecule has 0 saturated heterocycles. The van der Waals surface area contributed by atoms with Crippen molar-refractivity contribution in [1.82, 2.24) is 4.90 Å². The van der Waals surface area contributed by atoms with Gasteiger partial charge in [-0.3, -0.25) is 9.59 Å². The summed E-state index contributed by atoms with van der Waals surface area (Å²) in [6.07, 6.45) is 3.06. The molecule has 1 heterocycles. The number of carbonyl (C=O) groups is 2. The lowest BCUT2D eigenvalue weighted by atomic mass is 10.1. The van der Waals surface area contributed by atoms with Crippen LogP contribution in [0.3, 0.4) is 0 Å². The van der Waals surface area contributed by atoms with Crippen molar-refractivity contribution in [3.8, 4) is 11.8 Å². The van der Waals surface area contributed by atoms with E-state index in [1.54, 1.807) is 37.1 Å². The van der Waals surface area contributed by atoms with Crippen LogP contribution in [0.25, 0.3) is 6.08 Å². The number of ether oxygens (including phenoxy) is 1. The lowest BCUT2D eigenvalue weighted by molar-refractivity contribution is -0.111. The van der Waals surface area contributed by atoms with Crippen molar-refractivity contribution in [3.63, 3.8) is 0 Å². The molecule has 0 fully saturated rings. The third-order valence-electron chi connectivity index (χ3n) is 4.28. The van der Waals surface area contributed by atoms with Gasteiger partial charge < -0.3 is 15.0 Å². The molecule has 0 spiro atoms. The molecule has 7 heteroatoms. The molecule has 146 valence electrons. The Morgan fingerprint density at radius 3 is 2.43 bits per heavy atom. The SMILES string of the molecule is CCN(CC)C(=O)c1sc(NC(=O)/C=C/c2ccc(OC)cc2)c(C#N)c1C. The summed E-state index contributed by atoms with van der Waals surface area (Å²) >= 11 is 1.14. The monoisotopic (exact) mass is 397 g/mol. The number of nitriles is 1. The molecule has 1 aromatic carbocycles. The zero-order valence-corrected chi connectivity index (χ0v) is 17.2. The van der Waals surface area contributed by atoms with Gasteiger partial charge in [0, 0.05) is 19.2 Å². The van der Waals surface area contributed by atoms with Gasteiger partial charge in [-0.1, -0.05) is 12.1 Å². The highest BCUT2D eigenvalue weighted by Gasteiger charge is 2.23. The van der Waals surface area contributed by atoms with Crippen LogP contribution in [0.5, 0.6) is 5.75 Å². The van der Waals surface area contributed by atoms with Crippen molar-refractivity contribution < 1.29 is 14.3 Å². The maximum absolute atomic E-state index is 12.6. The lowest BCUT2D eigenvalue weighted by Crippen LogP contribution is -2.30. The number of nitrogens with one attached hydrogen (secondary N) is 1. The second kappa shape index (κ2) is 9.72. The molecule has 1 aromatic heterocycles. The third-order valence-corrected chi connectivity index (χ3v) is 5.48. The highest BCUT2D eigenvalue weighted by atomic mass is 32.1. The fourth-order valence-corrected chi connectivity index (χ4v) is 3.76. The van der Waals surface area contributed by atoms with E-state index in [0.29, 0.717) is 34.1 Å². The molecule has 1 N–H and O–H groups in total. The van der Waals surface area contributed by atoms with Crippen molar-refractivity contribution in [3.05, 3.63) is 51.9 Å². The number of rotatable bonds is 7. The molecular formula is C21H23N3O3S. The Morgan fingerprint density at radius 1 is 1.25 bits per heavy atom. The first-order valence-electron chi connectivity index (χ1n) is 8.90.